The van der Waals surface area contributed by atoms with Crippen molar-refractivity contribution in [3.05, 3.63) is 58.4 Å². The highest BCUT2D eigenvalue weighted by Gasteiger charge is 2.43. The molecule has 1 saturated carbocycles. The molecule has 1 aromatic carbocycles. The maximum Gasteiger partial charge on any atom is 0.305 e. The molecule has 1 aliphatic carbocycles. The zero-order chi connectivity index (χ0) is 23.6. The highest BCUT2D eigenvalue weighted by atomic mass is 16.4. The number of carboxylic acid groups (broad SMARTS) is 1. The van der Waals surface area contributed by atoms with Gasteiger partial charge >= 0.3 is 5.97 Å². The third-order valence-electron chi connectivity index (χ3n) is 6.41. The fourth-order valence-corrected chi connectivity index (χ4v) is 4.38. The van der Waals surface area contributed by atoms with Gasteiger partial charge < -0.3 is 20.4 Å². The van der Waals surface area contributed by atoms with Crippen LogP contribution in [0.1, 0.15) is 44.6 Å². The lowest BCUT2D eigenvalue weighted by molar-refractivity contribution is -0.136. The van der Waals surface area contributed by atoms with E-state index < -0.39 is 17.7 Å². The fraction of sp³-hybridized carbons (Fsp3) is 0.417. The number of carbonyl (C=O) groups is 1. The van der Waals surface area contributed by atoms with E-state index in [0.717, 1.165) is 24.8 Å². The first-order valence-corrected chi connectivity index (χ1v) is 11.2. The first-order valence-electron chi connectivity index (χ1n) is 11.2. The number of aliphatic hydroxyl groups is 1. The number of anilines is 2. The van der Waals surface area contributed by atoms with Crippen LogP contribution in [0.4, 0.5) is 11.6 Å². The Kier molecular flexibility index (Phi) is 6.33. The van der Waals surface area contributed by atoms with E-state index in [1.807, 2.05) is 37.3 Å². The smallest absolute Gasteiger partial charge is 0.305 e. The molecule has 0 bridgehead atoms. The molecule has 33 heavy (non-hydrogen) atoms. The molecule has 1 unspecified atom stereocenters. The van der Waals surface area contributed by atoms with Crippen LogP contribution in [0, 0.1) is 0 Å². The normalized spacial score (nSPS) is 15.6. The van der Waals surface area contributed by atoms with Crippen molar-refractivity contribution in [3.8, 4) is 0 Å². The second-order valence-electron chi connectivity index (χ2n) is 8.43. The molecule has 3 aromatic rings. The lowest BCUT2D eigenvalue weighted by Gasteiger charge is -2.44. The Labute approximate surface area is 191 Å². The number of aliphatic carboxylic acids is 1. The molecule has 9 nitrogen and oxygen atoms in total. The van der Waals surface area contributed by atoms with Gasteiger partial charge in [0.25, 0.3) is 5.56 Å². The average Bonchev–Trinajstić information content (AvgIpc) is 2.79. The molecular weight excluding hydrogens is 422 g/mol. The van der Waals surface area contributed by atoms with Gasteiger partial charge in [0.1, 0.15) is 17.6 Å². The molecule has 174 valence electrons. The third-order valence-corrected chi connectivity index (χ3v) is 6.41. The lowest BCUT2D eigenvalue weighted by Crippen LogP contribution is -2.48. The number of nitrogens with zero attached hydrogens (tertiary/aromatic N) is 4. The maximum absolute atomic E-state index is 13.7. The molecule has 1 aliphatic rings. The first kappa shape index (κ1) is 22.7. The summed E-state index contributed by atoms with van der Waals surface area (Å²) in [6, 6.07) is 13.4. The fourth-order valence-electron chi connectivity index (χ4n) is 4.38. The van der Waals surface area contributed by atoms with E-state index >= 15 is 0 Å². The van der Waals surface area contributed by atoms with Crippen LogP contribution in [0.15, 0.2) is 47.3 Å². The number of rotatable bonds is 9. The van der Waals surface area contributed by atoms with Crippen molar-refractivity contribution >= 4 is 28.8 Å². The second-order valence-corrected chi connectivity index (χ2v) is 8.43. The number of benzene rings is 1. The van der Waals surface area contributed by atoms with E-state index in [4.69, 9.17) is 10.1 Å². The van der Waals surface area contributed by atoms with Gasteiger partial charge in [-0.25, -0.2) is 9.97 Å². The number of fused-ring (bicyclic) bond motifs is 1. The minimum atomic E-state index is -0.952. The van der Waals surface area contributed by atoms with Gasteiger partial charge in [-0.1, -0.05) is 37.3 Å². The Morgan fingerprint density at radius 2 is 1.94 bits per heavy atom. The molecule has 1 fully saturated rings. The van der Waals surface area contributed by atoms with Crippen molar-refractivity contribution < 1.29 is 15.0 Å². The van der Waals surface area contributed by atoms with Crippen molar-refractivity contribution in [3.63, 3.8) is 0 Å². The Hall–Kier alpha value is -3.46. The number of carboxylic acids is 1. The van der Waals surface area contributed by atoms with E-state index in [0.29, 0.717) is 23.4 Å². The van der Waals surface area contributed by atoms with Crippen molar-refractivity contribution in [1.29, 1.82) is 0 Å². The molecule has 0 aliphatic heterocycles. The number of aliphatic hydroxyl groups excluding tert-OH is 1. The number of aromatic nitrogens is 3. The van der Waals surface area contributed by atoms with Gasteiger partial charge in [0.05, 0.1) is 12.0 Å². The first-order chi connectivity index (χ1) is 15.9. The van der Waals surface area contributed by atoms with E-state index in [1.54, 1.807) is 28.6 Å². The van der Waals surface area contributed by atoms with Crippen molar-refractivity contribution in [1.82, 2.24) is 14.5 Å². The summed E-state index contributed by atoms with van der Waals surface area (Å²) in [5.41, 5.74) is 1.10. The topological polar surface area (TPSA) is 121 Å². The van der Waals surface area contributed by atoms with E-state index in [-0.39, 0.29) is 24.3 Å². The Morgan fingerprint density at radius 1 is 1.21 bits per heavy atom. The zero-order valence-electron chi connectivity index (χ0n) is 18.9. The quantitative estimate of drug-likeness (QED) is 0.425. The van der Waals surface area contributed by atoms with E-state index in [2.05, 4.69) is 10.3 Å². The minimum absolute atomic E-state index is 0.0956. The molecular formula is C24H29N5O4. The molecule has 1 atom stereocenters. The summed E-state index contributed by atoms with van der Waals surface area (Å²) in [7, 11) is 1.76. The summed E-state index contributed by atoms with van der Waals surface area (Å²) in [5.74, 6) is -0.296. The predicted molar refractivity (Wildman–Crippen MR) is 127 cm³/mol. The van der Waals surface area contributed by atoms with Gasteiger partial charge in [0.2, 0.25) is 0 Å². The highest BCUT2D eigenvalue weighted by molar-refractivity contribution is 5.75. The van der Waals surface area contributed by atoms with Crippen LogP contribution in [0.25, 0.3) is 11.2 Å². The van der Waals surface area contributed by atoms with E-state index in [1.165, 1.54) is 0 Å². The average molecular weight is 452 g/mol. The van der Waals surface area contributed by atoms with Crippen LogP contribution < -0.4 is 15.8 Å². The van der Waals surface area contributed by atoms with Crippen LogP contribution in [-0.2, 0) is 10.3 Å². The summed E-state index contributed by atoms with van der Waals surface area (Å²) in [5, 5.41) is 22.2. The molecule has 0 saturated heterocycles. The Morgan fingerprint density at radius 3 is 2.55 bits per heavy atom. The summed E-state index contributed by atoms with van der Waals surface area (Å²) < 4.78 is 1.72. The molecule has 3 N–H and O–H groups in total. The van der Waals surface area contributed by atoms with E-state index in [9.17, 15) is 14.7 Å². The summed E-state index contributed by atoms with van der Waals surface area (Å²) in [6.07, 6.45) is 2.24. The molecule has 4 rings (SSSR count). The molecule has 2 aromatic heterocycles. The van der Waals surface area contributed by atoms with Crippen LogP contribution in [-0.4, -0.2) is 50.5 Å². The molecule has 0 radical (unpaired) electrons. The molecule has 2 heterocycles. The van der Waals surface area contributed by atoms with Gasteiger partial charge in [-0.3, -0.25) is 14.2 Å². The summed E-state index contributed by atoms with van der Waals surface area (Å²) >= 11 is 0. The number of hydrogen-bond acceptors (Lipinski definition) is 7. The SMILES string of the molecule is CCC(O)N(C)c1ccc2nc(NCCC(=O)O)c(=O)n(C3(c4ccccc4)CCC3)c2n1. The molecule has 0 amide bonds. The van der Waals surface area contributed by atoms with Crippen molar-refractivity contribution in [2.75, 3.05) is 23.8 Å². The third kappa shape index (κ3) is 4.16. The van der Waals surface area contributed by atoms with Gasteiger partial charge in [0.15, 0.2) is 11.5 Å². The monoisotopic (exact) mass is 451 g/mol. The standard InChI is InChI=1S/C24H29N5O4/c1-3-19(30)28(2)18-11-10-17-22(27-18)29(23(33)21(26-17)25-15-12-20(31)32)24(13-7-14-24)16-8-5-4-6-9-16/h4-6,8-11,19,30H,3,7,12-15H2,1-2H3,(H,25,26)(H,31,32). The largest absolute Gasteiger partial charge is 0.481 e. The summed E-state index contributed by atoms with van der Waals surface area (Å²) in [6.45, 7) is 1.98. The molecule has 0 spiro atoms. The van der Waals surface area contributed by atoms with Crippen molar-refractivity contribution in [2.45, 2.75) is 50.8 Å². The zero-order valence-corrected chi connectivity index (χ0v) is 18.9. The van der Waals surface area contributed by atoms with Gasteiger partial charge in [-0.05, 0) is 43.4 Å². The highest BCUT2D eigenvalue weighted by Crippen LogP contribution is 2.45. The van der Waals surface area contributed by atoms with Crippen LogP contribution in [0.5, 0.6) is 0 Å². The Bertz CT molecular complexity index is 1210. The van der Waals surface area contributed by atoms with Crippen LogP contribution in [0.3, 0.4) is 0 Å². The molecule has 9 heteroatoms. The van der Waals surface area contributed by atoms with Crippen molar-refractivity contribution in [2.24, 2.45) is 0 Å². The summed E-state index contributed by atoms with van der Waals surface area (Å²) in [4.78, 5) is 35.6. The minimum Gasteiger partial charge on any atom is -0.481 e. The second kappa shape index (κ2) is 9.19. The number of pyridine rings is 1. The Balaban J connectivity index is 1.93. The number of nitrogens with one attached hydrogen (secondary N) is 1. The van der Waals surface area contributed by atoms with Crippen LogP contribution >= 0.6 is 0 Å². The van der Waals surface area contributed by atoms with Gasteiger partial charge in [-0.2, -0.15) is 0 Å². The number of hydrogen-bond donors (Lipinski definition) is 3. The lowest BCUT2D eigenvalue weighted by atomic mass is 9.71. The maximum atomic E-state index is 13.7. The van der Waals surface area contributed by atoms with Crippen LogP contribution in [0.2, 0.25) is 0 Å². The van der Waals surface area contributed by atoms with Gasteiger partial charge in [0, 0.05) is 13.6 Å². The predicted octanol–water partition coefficient (Wildman–Crippen LogP) is 2.77. The van der Waals surface area contributed by atoms with Gasteiger partial charge in [-0.15, -0.1) is 0 Å².